The van der Waals surface area contributed by atoms with Crippen LogP contribution < -0.4 is 14.8 Å². The van der Waals surface area contributed by atoms with Crippen molar-refractivity contribution in [3.8, 4) is 11.5 Å². The van der Waals surface area contributed by atoms with E-state index in [9.17, 15) is 13.2 Å². The van der Waals surface area contributed by atoms with E-state index in [1.54, 1.807) is 26.4 Å². The Morgan fingerprint density at radius 2 is 1.84 bits per heavy atom. The van der Waals surface area contributed by atoms with E-state index < -0.39 is 10.0 Å². The van der Waals surface area contributed by atoms with Gasteiger partial charge >= 0.3 is 0 Å². The van der Waals surface area contributed by atoms with Crippen molar-refractivity contribution in [2.45, 2.75) is 30.6 Å². The smallest absolute Gasteiger partial charge is 0.243 e. The first-order chi connectivity index (χ1) is 15.3. The van der Waals surface area contributed by atoms with E-state index in [1.807, 2.05) is 18.2 Å². The van der Waals surface area contributed by atoms with Crippen LogP contribution in [0.3, 0.4) is 0 Å². The molecule has 0 bridgehead atoms. The first-order valence-corrected chi connectivity index (χ1v) is 12.4. The predicted octanol–water partition coefficient (Wildman–Crippen LogP) is 3.51. The predicted molar refractivity (Wildman–Crippen MR) is 124 cm³/mol. The van der Waals surface area contributed by atoms with E-state index in [0.29, 0.717) is 42.5 Å². The average molecular weight is 481 g/mol. The molecular weight excluding hydrogens is 452 g/mol. The lowest BCUT2D eigenvalue weighted by atomic mass is 9.99. The molecule has 1 amide bonds. The van der Waals surface area contributed by atoms with Gasteiger partial charge in [0.25, 0.3) is 0 Å². The molecule has 0 radical (unpaired) electrons. The fourth-order valence-corrected chi connectivity index (χ4v) is 5.46. The molecule has 9 heteroatoms. The monoisotopic (exact) mass is 480 g/mol. The molecule has 32 heavy (non-hydrogen) atoms. The van der Waals surface area contributed by atoms with Gasteiger partial charge in [-0.2, -0.15) is 4.31 Å². The fraction of sp³-hybridized carbons (Fsp3) is 0.435. The van der Waals surface area contributed by atoms with E-state index in [4.69, 9.17) is 21.1 Å². The topological polar surface area (TPSA) is 84.9 Å². The molecule has 2 aromatic carbocycles. The lowest BCUT2D eigenvalue weighted by Gasteiger charge is -2.31. The fourth-order valence-electron chi connectivity index (χ4n) is 3.81. The zero-order chi connectivity index (χ0) is 23.1. The van der Waals surface area contributed by atoms with Crippen LogP contribution in [0.2, 0.25) is 5.02 Å². The molecule has 3 rings (SSSR count). The number of methoxy groups -OCH3 is 2. The summed E-state index contributed by atoms with van der Waals surface area (Å²) < 4.78 is 37.8. The van der Waals surface area contributed by atoms with E-state index >= 15 is 0 Å². The van der Waals surface area contributed by atoms with Crippen LogP contribution in [0.5, 0.6) is 11.5 Å². The van der Waals surface area contributed by atoms with Crippen molar-refractivity contribution >= 4 is 27.5 Å². The highest BCUT2D eigenvalue weighted by Gasteiger charge is 2.33. The lowest BCUT2D eigenvalue weighted by molar-refractivity contribution is -0.126. The summed E-state index contributed by atoms with van der Waals surface area (Å²) in [6, 6.07) is 11.9. The van der Waals surface area contributed by atoms with E-state index in [1.165, 1.54) is 16.4 Å². The maximum atomic E-state index is 12.9. The molecule has 174 valence electrons. The molecule has 1 heterocycles. The summed E-state index contributed by atoms with van der Waals surface area (Å²) in [6.07, 6.45) is 2.87. The standard InChI is InChI=1S/C23H29ClN2O5S/c1-30-21-12-7-17(15-22(21)31-2)5-3-13-25-23(27)18-6-4-14-26(16-18)32(28,29)20-10-8-19(24)9-11-20/h7-12,15,18H,3-6,13-14,16H2,1-2H3,(H,25,27)/t18-/m0/s1. The number of piperidine rings is 1. The number of hydrogen-bond donors (Lipinski definition) is 1. The van der Waals surface area contributed by atoms with Gasteiger partial charge in [-0.3, -0.25) is 4.79 Å². The first-order valence-electron chi connectivity index (χ1n) is 10.6. The Labute approximate surface area is 194 Å². The number of halogens is 1. The number of nitrogens with one attached hydrogen (secondary N) is 1. The molecule has 0 aromatic heterocycles. The molecule has 1 atom stereocenters. The molecule has 1 aliphatic rings. The van der Waals surface area contributed by atoms with Crippen molar-refractivity contribution in [3.05, 3.63) is 53.1 Å². The number of amides is 1. The van der Waals surface area contributed by atoms with Gasteiger partial charge in [-0.15, -0.1) is 0 Å². The van der Waals surface area contributed by atoms with E-state index in [2.05, 4.69) is 5.32 Å². The number of rotatable bonds is 9. The van der Waals surface area contributed by atoms with Crippen molar-refractivity contribution in [1.82, 2.24) is 9.62 Å². The van der Waals surface area contributed by atoms with Crippen LogP contribution in [0.25, 0.3) is 0 Å². The third-order valence-corrected chi connectivity index (χ3v) is 7.73. The number of carbonyl (C=O) groups excluding carboxylic acids is 1. The molecule has 0 aliphatic carbocycles. The van der Waals surface area contributed by atoms with Gasteiger partial charge in [0.2, 0.25) is 15.9 Å². The number of aryl methyl sites for hydroxylation is 1. The Hall–Kier alpha value is -2.29. The van der Waals surface area contributed by atoms with Crippen molar-refractivity contribution < 1.29 is 22.7 Å². The summed E-state index contributed by atoms with van der Waals surface area (Å²) in [6.45, 7) is 1.12. The molecule has 1 saturated heterocycles. The Bertz CT molecular complexity index is 1030. The van der Waals surface area contributed by atoms with Crippen LogP contribution in [0, 0.1) is 5.92 Å². The Morgan fingerprint density at radius 1 is 1.12 bits per heavy atom. The van der Waals surface area contributed by atoms with E-state index in [0.717, 1.165) is 18.4 Å². The normalized spacial score (nSPS) is 17.0. The zero-order valence-electron chi connectivity index (χ0n) is 18.3. The number of benzene rings is 2. The second-order valence-electron chi connectivity index (χ2n) is 7.74. The van der Waals surface area contributed by atoms with Gasteiger partial charge in [-0.05, 0) is 67.6 Å². The molecule has 1 aliphatic heterocycles. The maximum absolute atomic E-state index is 12.9. The van der Waals surface area contributed by atoms with Gasteiger partial charge in [-0.25, -0.2) is 8.42 Å². The second-order valence-corrected chi connectivity index (χ2v) is 10.1. The van der Waals surface area contributed by atoms with Crippen molar-refractivity contribution in [2.75, 3.05) is 33.9 Å². The summed E-state index contributed by atoms with van der Waals surface area (Å²) in [5, 5.41) is 3.44. The highest BCUT2D eigenvalue weighted by molar-refractivity contribution is 7.89. The first kappa shape index (κ1) is 24.4. The van der Waals surface area contributed by atoms with Gasteiger partial charge in [0.1, 0.15) is 0 Å². The summed E-state index contributed by atoms with van der Waals surface area (Å²) in [4.78, 5) is 12.9. The minimum absolute atomic E-state index is 0.103. The SMILES string of the molecule is COc1ccc(CCCNC(=O)[C@H]2CCCN(S(=O)(=O)c3ccc(Cl)cc3)C2)cc1OC. The molecule has 7 nitrogen and oxygen atoms in total. The Balaban J connectivity index is 1.50. The number of nitrogens with zero attached hydrogens (tertiary/aromatic N) is 1. The van der Waals surface area contributed by atoms with Crippen LogP contribution in [-0.2, 0) is 21.2 Å². The molecule has 0 saturated carbocycles. The average Bonchev–Trinajstić information content (AvgIpc) is 2.81. The van der Waals surface area contributed by atoms with Crippen LogP contribution in [-0.4, -0.2) is 52.5 Å². The highest BCUT2D eigenvalue weighted by atomic mass is 35.5. The number of carbonyl (C=O) groups is 1. The van der Waals surface area contributed by atoms with Gasteiger partial charge < -0.3 is 14.8 Å². The molecule has 2 aromatic rings. The number of sulfonamides is 1. The van der Waals surface area contributed by atoms with Crippen molar-refractivity contribution in [3.63, 3.8) is 0 Å². The highest BCUT2D eigenvalue weighted by Crippen LogP contribution is 2.28. The van der Waals surface area contributed by atoms with Gasteiger partial charge in [0.15, 0.2) is 11.5 Å². The molecular formula is C23H29ClN2O5S. The van der Waals surface area contributed by atoms with Crippen molar-refractivity contribution in [2.24, 2.45) is 5.92 Å². The summed E-state index contributed by atoms with van der Waals surface area (Å²) in [7, 11) is -0.449. The summed E-state index contributed by atoms with van der Waals surface area (Å²) in [5.41, 5.74) is 1.09. The number of ether oxygens (including phenoxy) is 2. The summed E-state index contributed by atoms with van der Waals surface area (Å²) in [5.74, 6) is 0.901. The third kappa shape index (κ3) is 5.94. The Kier molecular flexibility index (Phi) is 8.39. The molecule has 1 fully saturated rings. The minimum atomic E-state index is -3.65. The third-order valence-electron chi connectivity index (χ3n) is 5.60. The van der Waals surface area contributed by atoms with Crippen LogP contribution >= 0.6 is 11.6 Å². The molecule has 0 unspecified atom stereocenters. The zero-order valence-corrected chi connectivity index (χ0v) is 19.9. The van der Waals surface area contributed by atoms with Gasteiger partial charge in [0, 0.05) is 24.7 Å². The second kappa shape index (κ2) is 11.0. The minimum Gasteiger partial charge on any atom is -0.493 e. The van der Waals surface area contributed by atoms with E-state index in [-0.39, 0.29) is 23.3 Å². The lowest BCUT2D eigenvalue weighted by Crippen LogP contribution is -2.45. The molecule has 0 spiro atoms. The molecule has 1 N–H and O–H groups in total. The maximum Gasteiger partial charge on any atom is 0.243 e. The van der Waals surface area contributed by atoms with Gasteiger partial charge in [0.05, 0.1) is 25.0 Å². The van der Waals surface area contributed by atoms with Gasteiger partial charge in [-0.1, -0.05) is 17.7 Å². The van der Waals surface area contributed by atoms with Crippen molar-refractivity contribution in [1.29, 1.82) is 0 Å². The quantitative estimate of drug-likeness (QED) is 0.555. The van der Waals surface area contributed by atoms with Crippen LogP contribution in [0.4, 0.5) is 0 Å². The van der Waals surface area contributed by atoms with Crippen LogP contribution in [0.15, 0.2) is 47.4 Å². The number of hydrogen-bond acceptors (Lipinski definition) is 5. The Morgan fingerprint density at radius 3 is 2.53 bits per heavy atom. The summed E-state index contributed by atoms with van der Waals surface area (Å²) >= 11 is 5.87. The largest absolute Gasteiger partial charge is 0.493 e. The van der Waals surface area contributed by atoms with Crippen LogP contribution in [0.1, 0.15) is 24.8 Å².